The molecule has 2 heterocycles. The Morgan fingerprint density at radius 2 is 1.56 bits per heavy atom. The van der Waals surface area contributed by atoms with Gasteiger partial charge in [0, 0.05) is 17.1 Å². The number of rotatable bonds is 4. The Bertz CT molecular complexity index is 1440. The fourth-order valence-electron chi connectivity index (χ4n) is 3.97. The minimum atomic E-state index is -5.08. The number of carbonyl (C=O) groups is 3. The molecule has 0 atom stereocenters. The highest BCUT2D eigenvalue weighted by Gasteiger charge is 2.37. The summed E-state index contributed by atoms with van der Waals surface area (Å²) in [6.07, 6.45) is -10.1. The van der Waals surface area contributed by atoms with Crippen molar-refractivity contribution in [2.24, 2.45) is 5.73 Å². The molecule has 0 bridgehead atoms. The molecule has 39 heavy (non-hydrogen) atoms. The maximum atomic E-state index is 13.2. The lowest BCUT2D eigenvalue weighted by Crippen LogP contribution is -2.38. The van der Waals surface area contributed by atoms with E-state index in [-0.39, 0.29) is 46.7 Å². The number of primary amides is 1. The third-order valence-corrected chi connectivity index (χ3v) is 7.24. The lowest BCUT2D eigenvalue weighted by Gasteiger charge is -2.27. The monoisotopic (exact) mass is 590 g/mol. The number of anilines is 2. The van der Waals surface area contributed by atoms with E-state index in [0.717, 1.165) is 16.2 Å². The fourth-order valence-corrected chi connectivity index (χ4v) is 5.46. The summed E-state index contributed by atoms with van der Waals surface area (Å²) in [4.78, 5) is 39.3. The predicted molar refractivity (Wildman–Crippen MR) is 132 cm³/mol. The van der Waals surface area contributed by atoms with Crippen molar-refractivity contribution in [1.29, 1.82) is 0 Å². The lowest BCUT2D eigenvalue weighted by atomic mass is 10.0. The molecule has 0 radical (unpaired) electrons. The summed E-state index contributed by atoms with van der Waals surface area (Å²) >= 11 is 7.02. The van der Waals surface area contributed by atoms with Gasteiger partial charge in [0.1, 0.15) is 5.00 Å². The van der Waals surface area contributed by atoms with Gasteiger partial charge in [-0.25, -0.2) is 4.79 Å². The van der Waals surface area contributed by atoms with Crippen molar-refractivity contribution >= 4 is 51.5 Å². The first-order valence-corrected chi connectivity index (χ1v) is 12.2. The number of benzene rings is 2. The number of amides is 4. The molecule has 0 spiro atoms. The number of alkyl halides is 6. The first-order valence-electron chi connectivity index (χ1n) is 11.0. The van der Waals surface area contributed by atoms with Crippen molar-refractivity contribution in [2.45, 2.75) is 25.3 Å². The average Bonchev–Trinajstić information content (AvgIpc) is 3.20. The zero-order valence-electron chi connectivity index (χ0n) is 19.5. The molecule has 1 aliphatic heterocycles. The predicted octanol–water partition coefficient (Wildman–Crippen LogP) is 6.38. The van der Waals surface area contributed by atoms with Crippen molar-refractivity contribution in [3.63, 3.8) is 0 Å². The van der Waals surface area contributed by atoms with Crippen LogP contribution in [0.15, 0.2) is 42.5 Å². The van der Waals surface area contributed by atoms with E-state index in [0.29, 0.717) is 22.6 Å². The number of hydrogen-bond donors (Lipinski definition) is 3. The van der Waals surface area contributed by atoms with Gasteiger partial charge < -0.3 is 21.3 Å². The Morgan fingerprint density at radius 1 is 0.949 bits per heavy atom. The fraction of sp³-hybridized carbons (Fsp3) is 0.208. The number of nitrogens with two attached hydrogens (primary N) is 1. The van der Waals surface area contributed by atoms with Gasteiger partial charge in [-0.15, -0.1) is 11.3 Å². The second-order valence-corrected chi connectivity index (χ2v) is 9.91. The third kappa shape index (κ3) is 6.11. The Morgan fingerprint density at radius 3 is 2.13 bits per heavy atom. The van der Waals surface area contributed by atoms with Gasteiger partial charge in [-0.05, 0) is 42.3 Å². The smallest absolute Gasteiger partial charge is 0.365 e. The van der Waals surface area contributed by atoms with Gasteiger partial charge in [0.25, 0.3) is 11.8 Å². The molecule has 3 aromatic rings. The maximum Gasteiger partial charge on any atom is 0.416 e. The summed E-state index contributed by atoms with van der Waals surface area (Å²) in [6, 6.07) is 6.00. The van der Waals surface area contributed by atoms with Gasteiger partial charge in [0.05, 0.1) is 33.8 Å². The molecule has 1 aliphatic rings. The number of carbonyl (C=O) groups excluding carboxylic acids is 3. The molecule has 0 fully saturated rings. The third-order valence-electron chi connectivity index (χ3n) is 5.77. The van der Waals surface area contributed by atoms with Crippen LogP contribution in [0.25, 0.3) is 0 Å². The second-order valence-electron chi connectivity index (χ2n) is 8.40. The number of urea groups is 1. The average molecular weight is 591 g/mol. The largest absolute Gasteiger partial charge is 0.416 e. The Hall–Kier alpha value is -3.78. The molecule has 4 N–H and O–H groups in total. The highest BCUT2D eigenvalue weighted by molar-refractivity contribution is 7.17. The van der Waals surface area contributed by atoms with Crippen LogP contribution in [0.4, 0.5) is 41.8 Å². The number of fused-ring (bicyclic) bond motifs is 1. The summed E-state index contributed by atoms with van der Waals surface area (Å²) in [5, 5.41) is 4.97. The molecule has 15 heteroatoms. The van der Waals surface area contributed by atoms with Crippen LogP contribution in [0, 0.1) is 0 Å². The Labute approximate surface area is 225 Å². The van der Waals surface area contributed by atoms with E-state index in [1.165, 1.54) is 12.1 Å². The maximum absolute atomic E-state index is 13.2. The molecular formula is C24H17ClF6N4O3S. The van der Waals surface area contributed by atoms with Gasteiger partial charge in [-0.1, -0.05) is 23.7 Å². The normalized spacial score (nSPS) is 13.6. The van der Waals surface area contributed by atoms with Gasteiger partial charge in [0.15, 0.2) is 0 Å². The molecule has 206 valence electrons. The van der Waals surface area contributed by atoms with Crippen molar-refractivity contribution in [2.75, 3.05) is 17.2 Å². The van der Waals surface area contributed by atoms with Crippen LogP contribution in [0.3, 0.4) is 0 Å². The van der Waals surface area contributed by atoms with Crippen LogP contribution in [-0.4, -0.2) is 29.3 Å². The quantitative estimate of drug-likeness (QED) is 0.307. The van der Waals surface area contributed by atoms with Crippen molar-refractivity contribution in [3.05, 3.63) is 80.2 Å². The van der Waals surface area contributed by atoms with Crippen LogP contribution in [0.2, 0.25) is 5.02 Å². The van der Waals surface area contributed by atoms with E-state index in [1.807, 2.05) is 0 Å². The molecule has 7 nitrogen and oxygen atoms in total. The topological polar surface area (TPSA) is 105 Å². The molecule has 4 amide bonds. The molecule has 0 saturated carbocycles. The summed E-state index contributed by atoms with van der Waals surface area (Å²) in [5.41, 5.74) is 2.36. The number of thiophene rings is 1. The highest BCUT2D eigenvalue weighted by atomic mass is 35.5. The summed E-state index contributed by atoms with van der Waals surface area (Å²) < 4.78 is 78.9. The van der Waals surface area contributed by atoms with Crippen molar-refractivity contribution in [3.8, 4) is 0 Å². The minimum absolute atomic E-state index is 0.0289. The standard InChI is InChI=1S/C24H17ClF6N4O3S/c25-16-4-2-1-3-14(16)20(37)34-21-18(19(32)36)15-5-6-35(10-17(15)39-21)22(38)33-13-8-11(23(26,27)28)7-12(9-13)24(29,30)31/h1-4,7-9H,5-6,10H2,(H2,32,36)(H,33,38)(H,34,37). The molecule has 1 aromatic heterocycles. The molecule has 0 unspecified atom stereocenters. The SMILES string of the molecule is NC(=O)c1c(NC(=O)c2ccccc2Cl)sc2c1CCN(C(=O)Nc1cc(C(F)(F)F)cc(C(F)(F)F)c1)C2. The van der Waals surface area contributed by atoms with Gasteiger partial charge in [-0.2, -0.15) is 26.3 Å². The summed E-state index contributed by atoms with van der Waals surface area (Å²) in [6.45, 7) is -0.169. The molecule has 4 rings (SSSR count). The number of nitrogens with zero attached hydrogens (tertiary/aromatic N) is 1. The van der Waals surface area contributed by atoms with E-state index in [1.54, 1.807) is 12.1 Å². The molecular weight excluding hydrogens is 574 g/mol. The van der Waals surface area contributed by atoms with E-state index < -0.39 is 47.0 Å². The Balaban J connectivity index is 1.57. The zero-order valence-corrected chi connectivity index (χ0v) is 21.0. The molecule has 0 aliphatic carbocycles. The van der Waals surface area contributed by atoms with Crippen LogP contribution in [-0.2, 0) is 25.3 Å². The molecule has 2 aromatic carbocycles. The Kier molecular flexibility index (Phi) is 7.54. The van der Waals surface area contributed by atoms with E-state index in [4.69, 9.17) is 17.3 Å². The summed E-state index contributed by atoms with van der Waals surface area (Å²) in [5.74, 6) is -1.44. The highest BCUT2D eigenvalue weighted by Crippen LogP contribution is 2.39. The van der Waals surface area contributed by atoms with Gasteiger partial charge in [-0.3, -0.25) is 9.59 Å². The first-order chi connectivity index (χ1) is 18.1. The second kappa shape index (κ2) is 10.4. The number of halogens is 7. The van der Waals surface area contributed by atoms with Gasteiger partial charge in [0.2, 0.25) is 0 Å². The lowest BCUT2D eigenvalue weighted by molar-refractivity contribution is -0.143. The number of nitrogens with one attached hydrogen (secondary N) is 2. The van der Waals surface area contributed by atoms with E-state index in [2.05, 4.69) is 10.6 Å². The van der Waals surface area contributed by atoms with Gasteiger partial charge >= 0.3 is 18.4 Å². The number of hydrogen-bond acceptors (Lipinski definition) is 4. The first kappa shape index (κ1) is 28.2. The van der Waals surface area contributed by atoms with Crippen LogP contribution in [0.5, 0.6) is 0 Å². The van der Waals surface area contributed by atoms with E-state index >= 15 is 0 Å². The molecule has 0 saturated heterocycles. The van der Waals surface area contributed by atoms with Crippen LogP contribution >= 0.6 is 22.9 Å². The van der Waals surface area contributed by atoms with Crippen molar-refractivity contribution in [1.82, 2.24) is 4.90 Å². The van der Waals surface area contributed by atoms with E-state index in [9.17, 15) is 40.7 Å². The van der Waals surface area contributed by atoms with Crippen LogP contribution in [0.1, 0.15) is 42.3 Å². The van der Waals surface area contributed by atoms with Crippen LogP contribution < -0.4 is 16.4 Å². The minimum Gasteiger partial charge on any atom is -0.365 e. The van der Waals surface area contributed by atoms with Crippen molar-refractivity contribution < 1.29 is 40.7 Å². The zero-order chi connectivity index (χ0) is 28.7. The summed E-state index contributed by atoms with van der Waals surface area (Å²) in [7, 11) is 0.